The lowest BCUT2D eigenvalue weighted by atomic mass is 10.1. The van der Waals surface area contributed by atoms with Gasteiger partial charge in [-0.1, -0.05) is 25.1 Å². The molecule has 10 nitrogen and oxygen atoms in total. The monoisotopic (exact) mass is 490 g/mol. The highest BCUT2D eigenvalue weighted by atomic mass is 16.6. The van der Waals surface area contributed by atoms with Crippen molar-refractivity contribution in [3.63, 3.8) is 0 Å². The zero-order chi connectivity index (χ0) is 26.0. The molecule has 4 rings (SSSR count). The topological polar surface area (TPSA) is 114 Å². The smallest absolute Gasteiger partial charge is 0.303 e. The summed E-state index contributed by atoms with van der Waals surface area (Å²) in [5.74, 6) is -1.93. The number of hydrogen-bond acceptors (Lipinski definition) is 6. The first-order valence-corrected chi connectivity index (χ1v) is 11.4. The Hall–Kier alpha value is -4.36. The first kappa shape index (κ1) is 24.8. The molecule has 186 valence electrons. The van der Waals surface area contributed by atoms with Gasteiger partial charge in [0.2, 0.25) is 6.10 Å². The maximum atomic E-state index is 13.5. The number of aromatic hydroxyl groups is 1. The molecular weight excluding hydrogens is 464 g/mol. The molecule has 2 N–H and O–H groups in total. The van der Waals surface area contributed by atoms with Crippen LogP contribution in [0, 0.1) is 6.57 Å². The maximum Gasteiger partial charge on any atom is 0.303 e. The second-order valence-electron chi connectivity index (χ2n) is 8.44. The van der Waals surface area contributed by atoms with Gasteiger partial charge in [-0.15, -0.1) is 0 Å². The number of morpholine rings is 1. The Balaban J connectivity index is 1.62. The Bertz CT molecular complexity index is 1390. The van der Waals surface area contributed by atoms with Crippen molar-refractivity contribution in [1.29, 1.82) is 0 Å². The molecule has 1 aliphatic heterocycles. The summed E-state index contributed by atoms with van der Waals surface area (Å²) in [6, 6.07) is 10.1. The van der Waals surface area contributed by atoms with Crippen molar-refractivity contribution in [2.75, 3.05) is 23.4 Å². The van der Waals surface area contributed by atoms with Gasteiger partial charge in [0, 0.05) is 48.9 Å². The van der Waals surface area contributed by atoms with Gasteiger partial charge in [-0.2, -0.15) is 0 Å². The van der Waals surface area contributed by atoms with E-state index in [1.165, 1.54) is 4.90 Å². The van der Waals surface area contributed by atoms with Crippen molar-refractivity contribution in [1.82, 2.24) is 4.57 Å². The fourth-order valence-electron chi connectivity index (χ4n) is 4.26. The van der Waals surface area contributed by atoms with E-state index in [1.807, 2.05) is 6.92 Å². The number of amides is 2. The van der Waals surface area contributed by atoms with Gasteiger partial charge < -0.3 is 29.4 Å². The van der Waals surface area contributed by atoms with Crippen molar-refractivity contribution in [2.45, 2.75) is 32.5 Å². The van der Waals surface area contributed by atoms with Crippen molar-refractivity contribution >= 4 is 45.6 Å². The first-order chi connectivity index (χ1) is 17.2. The van der Waals surface area contributed by atoms with Gasteiger partial charge in [0.1, 0.15) is 0 Å². The van der Waals surface area contributed by atoms with E-state index in [0.29, 0.717) is 28.9 Å². The van der Waals surface area contributed by atoms with E-state index in [2.05, 4.69) is 10.2 Å². The summed E-state index contributed by atoms with van der Waals surface area (Å²) in [5.41, 5.74) is 2.14. The summed E-state index contributed by atoms with van der Waals surface area (Å²) >= 11 is 0. The number of aromatic nitrogens is 1. The summed E-state index contributed by atoms with van der Waals surface area (Å²) in [6.07, 6.45) is -0.569. The van der Waals surface area contributed by atoms with Crippen LogP contribution in [0.3, 0.4) is 0 Å². The highest BCUT2D eigenvalue weighted by molar-refractivity contribution is 6.05. The second kappa shape index (κ2) is 10.1. The molecule has 1 aliphatic rings. The quantitative estimate of drug-likeness (QED) is 0.405. The lowest BCUT2D eigenvalue weighted by molar-refractivity contribution is -0.167. The number of benzene rings is 2. The van der Waals surface area contributed by atoms with E-state index in [1.54, 1.807) is 54.2 Å². The number of ether oxygens (including phenoxy) is 2. The molecule has 0 radical (unpaired) electrons. The zero-order valence-corrected chi connectivity index (χ0v) is 20.1. The summed E-state index contributed by atoms with van der Waals surface area (Å²) < 4.78 is 12.5. The average molecular weight is 491 g/mol. The van der Waals surface area contributed by atoms with Crippen LogP contribution in [0.4, 0.5) is 17.1 Å². The van der Waals surface area contributed by atoms with Crippen LogP contribution < -0.4 is 10.2 Å². The minimum atomic E-state index is -1.53. The molecule has 1 aromatic heterocycles. The van der Waals surface area contributed by atoms with E-state index in [9.17, 15) is 19.5 Å². The number of nitrogens with zero attached hydrogens (tertiary/aromatic N) is 3. The van der Waals surface area contributed by atoms with Crippen LogP contribution in [-0.4, -0.2) is 52.8 Å². The van der Waals surface area contributed by atoms with Crippen LogP contribution in [0.2, 0.25) is 0 Å². The second-order valence-corrected chi connectivity index (χ2v) is 8.44. The molecule has 0 saturated carbocycles. The summed E-state index contributed by atoms with van der Waals surface area (Å²) in [4.78, 5) is 43.4. The van der Waals surface area contributed by atoms with E-state index in [0.717, 1.165) is 17.9 Å². The van der Waals surface area contributed by atoms with Crippen molar-refractivity contribution < 1.29 is 29.0 Å². The van der Waals surface area contributed by atoms with E-state index in [-0.39, 0.29) is 19.0 Å². The lowest BCUT2D eigenvalue weighted by Gasteiger charge is -2.35. The fraction of sp³-hybridized carbons (Fsp3) is 0.308. The number of nitrogens with one attached hydrogen (secondary N) is 1. The molecule has 3 aromatic rings. The van der Waals surface area contributed by atoms with Crippen LogP contribution in [0.5, 0.6) is 5.88 Å². The molecular formula is C26H26N4O6. The number of hydrogen-bond donors (Lipinski definition) is 2. The van der Waals surface area contributed by atoms with Crippen LogP contribution in [0.1, 0.15) is 19.4 Å². The molecule has 1 fully saturated rings. The number of carbonyl (C=O) groups excluding carboxylic acids is 3. The third-order valence-corrected chi connectivity index (χ3v) is 6.06. The number of aryl methyl sites for hydroxylation is 2. The average Bonchev–Trinajstić information content (AvgIpc) is 3.15. The van der Waals surface area contributed by atoms with Crippen LogP contribution in [0.15, 0.2) is 42.6 Å². The Kier molecular flexibility index (Phi) is 6.94. The van der Waals surface area contributed by atoms with Crippen molar-refractivity contribution in [2.24, 2.45) is 7.05 Å². The van der Waals surface area contributed by atoms with Crippen LogP contribution in [-0.2, 0) is 37.3 Å². The molecule has 0 aliphatic carbocycles. The molecule has 10 heteroatoms. The molecule has 2 amide bonds. The Labute approximate surface area is 207 Å². The molecule has 2 aromatic carbocycles. The predicted octanol–water partition coefficient (Wildman–Crippen LogP) is 3.30. The molecule has 0 spiro atoms. The van der Waals surface area contributed by atoms with E-state index in [4.69, 9.17) is 16.0 Å². The third-order valence-electron chi connectivity index (χ3n) is 6.06. The molecule has 2 heterocycles. The first-order valence-electron chi connectivity index (χ1n) is 11.4. The van der Waals surface area contributed by atoms with Gasteiger partial charge in [0.25, 0.3) is 11.8 Å². The molecule has 0 unspecified atom stereocenters. The highest BCUT2D eigenvalue weighted by Crippen LogP contribution is 2.32. The van der Waals surface area contributed by atoms with Gasteiger partial charge in [-0.3, -0.25) is 14.4 Å². The zero-order valence-electron chi connectivity index (χ0n) is 20.1. The lowest BCUT2D eigenvalue weighted by Crippen LogP contribution is -2.56. The largest absolute Gasteiger partial charge is 0.494 e. The van der Waals surface area contributed by atoms with Gasteiger partial charge in [-0.05, 0) is 30.2 Å². The summed E-state index contributed by atoms with van der Waals surface area (Å²) in [5, 5.41) is 14.4. The molecule has 2 atom stereocenters. The minimum absolute atomic E-state index is 0.0669. The number of rotatable bonds is 6. The standard InChI is InChI=1S/C26H26N4O6/c1-5-16-12-18(27-3)7-9-21(16)28-24(32)22(36-15(2)31)23-26(34)30(10-11-35-23)19-8-6-17-14-29(4)25(33)20(17)13-19/h6-9,12-14,22-23,33H,5,10-11H2,1-2,4H3,(H,28,32)/t22-,23-/m1/s1. The van der Waals surface area contributed by atoms with Crippen molar-refractivity contribution in [3.05, 3.63) is 59.6 Å². The molecule has 1 saturated heterocycles. The Morgan fingerprint density at radius 3 is 2.78 bits per heavy atom. The molecule has 0 bridgehead atoms. The maximum absolute atomic E-state index is 13.5. The van der Waals surface area contributed by atoms with Crippen LogP contribution in [0.25, 0.3) is 15.6 Å². The molecule has 36 heavy (non-hydrogen) atoms. The Morgan fingerprint density at radius 1 is 1.31 bits per heavy atom. The Morgan fingerprint density at radius 2 is 2.08 bits per heavy atom. The minimum Gasteiger partial charge on any atom is -0.494 e. The fourth-order valence-corrected chi connectivity index (χ4v) is 4.26. The number of anilines is 2. The number of esters is 1. The van der Waals surface area contributed by atoms with E-state index < -0.39 is 30.0 Å². The number of fused-ring (bicyclic) bond motifs is 1. The van der Waals surface area contributed by atoms with Gasteiger partial charge >= 0.3 is 5.97 Å². The predicted molar refractivity (Wildman–Crippen MR) is 133 cm³/mol. The van der Waals surface area contributed by atoms with E-state index >= 15 is 0 Å². The number of carbonyl (C=O) groups is 3. The van der Waals surface area contributed by atoms with Gasteiger partial charge in [-0.25, -0.2) is 4.85 Å². The highest BCUT2D eigenvalue weighted by Gasteiger charge is 2.42. The van der Waals surface area contributed by atoms with Crippen LogP contribution >= 0.6 is 0 Å². The van der Waals surface area contributed by atoms with Crippen molar-refractivity contribution in [3.8, 4) is 5.88 Å². The van der Waals surface area contributed by atoms with Gasteiger partial charge in [0.05, 0.1) is 13.2 Å². The summed E-state index contributed by atoms with van der Waals surface area (Å²) in [7, 11) is 1.71. The normalized spacial score (nSPS) is 16.4. The summed E-state index contributed by atoms with van der Waals surface area (Å²) in [6.45, 7) is 10.6. The van der Waals surface area contributed by atoms with Gasteiger partial charge in [0.15, 0.2) is 17.7 Å². The SMILES string of the molecule is [C-]#[N+]c1ccc(NC(=O)[C@H](OC(C)=O)[C@H]2OCCN(c3ccc4cn(C)c(O)c4c3)C2=O)c(CC)c1. The third kappa shape index (κ3) is 4.74.